The summed E-state index contributed by atoms with van der Waals surface area (Å²) >= 11 is 1.57. The molecule has 31 heavy (non-hydrogen) atoms. The highest BCUT2D eigenvalue weighted by atomic mass is 32.1. The van der Waals surface area contributed by atoms with Gasteiger partial charge in [0.15, 0.2) is 0 Å². The number of nitrogens with one attached hydrogen (secondary N) is 1. The smallest absolute Gasteiger partial charge is 0.341 e. The molecule has 6 nitrogen and oxygen atoms in total. The van der Waals surface area contributed by atoms with Crippen LogP contribution >= 0.6 is 11.3 Å². The first-order valence-electron chi connectivity index (χ1n) is 12.3. The Bertz CT molecular complexity index is 762. The lowest BCUT2D eigenvalue weighted by Crippen LogP contribution is -2.43. The van der Waals surface area contributed by atoms with Gasteiger partial charge in [-0.05, 0) is 82.9 Å². The lowest BCUT2D eigenvalue weighted by molar-refractivity contribution is 0.0526. The lowest BCUT2D eigenvalue weighted by Gasteiger charge is -2.34. The summed E-state index contributed by atoms with van der Waals surface area (Å²) in [5.74, 6) is 0.389. The van der Waals surface area contributed by atoms with Crippen LogP contribution in [0, 0.1) is 5.92 Å². The van der Waals surface area contributed by atoms with Crippen molar-refractivity contribution in [2.45, 2.75) is 71.1 Å². The minimum absolute atomic E-state index is 0.0719. The fourth-order valence-electron chi connectivity index (χ4n) is 5.25. The van der Waals surface area contributed by atoms with E-state index in [4.69, 9.17) is 4.74 Å². The second-order valence-electron chi connectivity index (χ2n) is 9.21. The Morgan fingerprint density at radius 1 is 1.00 bits per heavy atom. The number of nitrogens with zero attached hydrogens (tertiary/aromatic N) is 2. The van der Waals surface area contributed by atoms with Gasteiger partial charge in [0, 0.05) is 24.5 Å². The molecule has 2 aliphatic heterocycles. The third-order valence-electron chi connectivity index (χ3n) is 6.99. The topological polar surface area (TPSA) is 61.9 Å². The van der Waals surface area contributed by atoms with Gasteiger partial charge >= 0.3 is 12.0 Å². The molecular weight excluding hydrogens is 410 g/mol. The highest BCUT2D eigenvalue weighted by Crippen LogP contribution is 2.39. The molecule has 0 saturated carbocycles. The molecule has 1 N–H and O–H groups in total. The number of hydrogen-bond donors (Lipinski definition) is 1. The van der Waals surface area contributed by atoms with Crippen molar-refractivity contribution in [2.24, 2.45) is 5.92 Å². The summed E-state index contributed by atoms with van der Waals surface area (Å²) in [6, 6.07) is -0.0719. The Kier molecular flexibility index (Phi) is 7.88. The van der Waals surface area contributed by atoms with Crippen molar-refractivity contribution < 1.29 is 14.3 Å². The molecule has 0 unspecified atom stereocenters. The van der Waals surface area contributed by atoms with Gasteiger partial charge in [0.05, 0.1) is 12.2 Å². The quantitative estimate of drug-likeness (QED) is 0.651. The lowest BCUT2D eigenvalue weighted by atomic mass is 9.95. The minimum atomic E-state index is -0.298. The first kappa shape index (κ1) is 22.6. The van der Waals surface area contributed by atoms with Gasteiger partial charge in [-0.25, -0.2) is 9.59 Å². The van der Waals surface area contributed by atoms with Crippen LogP contribution in [0.3, 0.4) is 0 Å². The van der Waals surface area contributed by atoms with Crippen molar-refractivity contribution in [3.8, 4) is 0 Å². The van der Waals surface area contributed by atoms with E-state index in [2.05, 4.69) is 10.2 Å². The summed E-state index contributed by atoms with van der Waals surface area (Å²) < 4.78 is 5.31. The van der Waals surface area contributed by atoms with Gasteiger partial charge in [-0.3, -0.25) is 5.32 Å². The molecule has 2 amide bonds. The Labute approximate surface area is 190 Å². The zero-order chi connectivity index (χ0) is 21.6. The van der Waals surface area contributed by atoms with Crippen LogP contribution in [0.15, 0.2) is 0 Å². The largest absolute Gasteiger partial charge is 0.462 e. The molecule has 7 heteroatoms. The molecular formula is C24H37N3O3S. The van der Waals surface area contributed by atoms with Crippen LogP contribution < -0.4 is 5.32 Å². The van der Waals surface area contributed by atoms with Gasteiger partial charge in [-0.2, -0.15) is 0 Å². The summed E-state index contributed by atoms with van der Waals surface area (Å²) in [7, 11) is 0. The van der Waals surface area contributed by atoms with E-state index in [9.17, 15) is 9.59 Å². The number of carbonyl (C=O) groups excluding carboxylic acids is 2. The van der Waals surface area contributed by atoms with Crippen LogP contribution in [-0.4, -0.2) is 61.1 Å². The third kappa shape index (κ3) is 5.61. The van der Waals surface area contributed by atoms with E-state index in [0.717, 1.165) is 57.2 Å². The number of urea groups is 1. The normalized spacial score (nSPS) is 20.7. The van der Waals surface area contributed by atoms with Gasteiger partial charge in [-0.1, -0.05) is 12.8 Å². The first-order chi connectivity index (χ1) is 15.2. The molecule has 3 aliphatic rings. The Morgan fingerprint density at radius 3 is 2.42 bits per heavy atom. The predicted octanol–water partition coefficient (Wildman–Crippen LogP) is 4.92. The van der Waals surface area contributed by atoms with E-state index in [1.54, 1.807) is 11.3 Å². The Balaban J connectivity index is 1.35. The first-order valence-corrected chi connectivity index (χ1v) is 13.1. The second kappa shape index (κ2) is 10.8. The maximum absolute atomic E-state index is 13.0. The molecule has 1 aromatic rings. The summed E-state index contributed by atoms with van der Waals surface area (Å²) in [5, 5.41) is 3.76. The van der Waals surface area contributed by atoms with E-state index in [1.807, 2.05) is 11.8 Å². The molecule has 0 bridgehead atoms. The van der Waals surface area contributed by atoms with Crippen LogP contribution in [0.5, 0.6) is 0 Å². The highest BCUT2D eigenvalue weighted by molar-refractivity contribution is 7.17. The molecule has 0 atom stereocenters. The number of anilines is 1. The summed E-state index contributed by atoms with van der Waals surface area (Å²) in [4.78, 5) is 31.4. The number of ether oxygens (including phenoxy) is 1. The molecule has 0 spiro atoms. The van der Waals surface area contributed by atoms with E-state index in [1.165, 1.54) is 50.2 Å². The Hall–Kier alpha value is -1.60. The second-order valence-corrected chi connectivity index (χ2v) is 10.3. The monoisotopic (exact) mass is 447 g/mol. The van der Waals surface area contributed by atoms with E-state index >= 15 is 0 Å². The fraction of sp³-hybridized carbons (Fsp3) is 0.750. The molecule has 3 heterocycles. The van der Waals surface area contributed by atoms with Crippen LogP contribution in [0.25, 0.3) is 0 Å². The zero-order valence-electron chi connectivity index (χ0n) is 18.9. The molecule has 2 fully saturated rings. The van der Waals surface area contributed by atoms with Crippen LogP contribution in [0.4, 0.5) is 9.80 Å². The Morgan fingerprint density at radius 2 is 1.71 bits per heavy atom. The summed E-state index contributed by atoms with van der Waals surface area (Å²) in [5.41, 5.74) is 1.70. The zero-order valence-corrected chi connectivity index (χ0v) is 19.7. The minimum Gasteiger partial charge on any atom is -0.462 e. The number of amides is 2. The highest BCUT2D eigenvalue weighted by Gasteiger charge is 2.29. The van der Waals surface area contributed by atoms with Crippen molar-refractivity contribution in [3.05, 3.63) is 16.0 Å². The van der Waals surface area contributed by atoms with Gasteiger partial charge in [0.25, 0.3) is 0 Å². The van der Waals surface area contributed by atoms with Gasteiger partial charge in [0.1, 0.15) is 5.00 Å². The number of likely N-dealkylation sites (tertiary alicyclic amines) is 2. The van der Waals surface area contributed by atoms with Crippen molar-refractivity contribution >= 4 is 28.3 Å². The fourth-order valence-corrected chi connectivity index (χ4v) is 6.52. The summed E-state index contributed by atoms with van der Waals surface area (Å²) in [6.07, 6.45) is 11.7. The molecule has 2 saturated heterocycles. The van der Waals surface area contributed by atoms with Gasteiger partial charge < -0.3 is 14.5 Å². The molecule has 4 rings (SSSR count). The molecule has 1 aliphatic carbocycles. The maximum atomic E-state index is 13.0. The average molecular weight is 448 g/mol. The van der Waals surface area contributed by atoms with Crippen molar-refractivity contribution in [2.75, 3.05) is 44.6 Å². The van der Waals surface area contributed by atoms with Gasteiger partial charge in [0.2, 0.25) is 0 Å². The predicted molar refractivity (Wildman–Crippen MR) is 125 cm³/mol. The molecule has 1 aromatic heterocycles. The standard InChI is InChI=1S/C24H37N3O3S/c1-2-30-23(28)21-19-9-5-6-10-20(19)31-22(21)25-24(29)27-15-11-18(12-16-27)17-26-13-7-3-4-8-14-26/h18H,2-17H2,1H3,(H,25,29). The molecule has 0 aromatic carbocycles. The van der Waals surface area contributed by atoms with Gasteiger partial charge in [-0.15, -0.1) is 11.3 Å². The number of piperidine rings is 1. The van der Waals surface area contributed by atoms with E-state index in [-0.39, 0.29) is 12.0 Å². The average Bonchev–Trinajstić information content (AvgIpc) is 2.94. The number of rotatable bonds is 5. The molecule has 172 valence electrons. The summed E-state index contributed by atoms with van der Waals surface area (Å²) in [6.45, 7) is 7.42. The van der Waals surface area contributed by atoms with Crippen molar-refractivity contribution in [3.63, 3.8) is 0 Å². The van der Waals surface area contributed by atoms with Crippen molar-refractivity contribution in [1.29, 1.82) is 0 Å². The number of aryl methyl sites for hydroxylation is 1. The third-order valence-corrected chi connectivity index (χ3v) is 8.20. The number of fused-ring (bicyclic) bond motifs is 1. The van der Waals surface area contributed by atoms with Crippen LogP contribution in [0.1, 0.15) is 79.1 Å². The maximum Gasteiger partial charge on any atom is 0.341 e. The van der Waals surface area contributed by atoms with Crippen molar-refractivity contribution in [1.82, 2.24) is 9.80 Å². The van der Waals surface area contributed by atoms with E-state index < -0.39 is 0 Å². The molecule has 0 radical (unpaired) electrons. The number of esters is 1. The van der Waals surface area contributed by atoms with Crippen LogP contribution in [-0.2, 0) is 17.6 Å². The number of thiophene rings is 1. The van der Waals surface area contributed by atoms with E-state index in [0.29, 0.717) is 23.1 Å². The number of hydrogen-bond acceptors (Lipinski definition) is 5. The SMILES string of the molecule is CCOC(=O)c1c(NC(=O)N2CCC(CN3CCCCCC3)CC2)sc2c1CCCC2. The number of carbonyl (C=O) groups is 2. The van der Waals surface area contributed by atoms with Crippen LogP contribution in [0.2, 0.25) is 0 Å².